The van der Waals surface area contributed by atoms with Crippen LogP contribution in [0.3, 0.4) is 0 Å². The lowest BCUT2D eigenvalue weighted by molar-refractivity contribution is -0.132. The summed E-state index contributed by atoms with van der Waals surface area (Å²) in [4.78, 5) is 23.3. The largest absolute Gasteiger partial charge is 0.356 e. The number of guanidine groups is 1. The maximum atomic E-state index is 13.8. The van der Waals surface area contributed by atoms with Gasteiger partial charge in [0.25, 0.3) is 0 Å². The molecule has 0 unspecified atom stereocenters. The number of likely N-dealkylation sites (tertiary alicyclic amines) is 1. The summed E-state index contributed by atoms with van der Waals surface area (Å²) in [5, 5.41) is 3.27. The third-order valence-electron chi connectivity index (χ3n) is 5.89. The Morgan fingerprint density at radius 1 is 1.00 bits per heavy atom. The Bertz CT molecular complexity index is 726. The van der Waals surface area contributed by atoms with Crippen LogP contribution < -0.4 is 5.32 Å². The SMILES string of the molecule is CN=C(NCCc1ccc(F)cc1F)N1CCN(CC(=O)N2CCCCCC2)CC1. The second-order valence-corrected chi connectivity index (χ2v) is 8.02. The van der Waals surface area contributed by atoms with Crippen molar-refractivity contribution in [2.24, 2.45) is 4.99 Å². The number of carbonyl (C=O) groups excluding carboxylic acids is 1. The number of benzene rings is 1. The van der Waals surface area contributed by atoms with Crippen LogP contribution in [0.2, 0.25) is 0 Å². The van der Waals surface area contributed by atoms with Crippen molar-refractivity contribution >= 4 is 11.9 Å². The van der Waals surface area contributed by atoms with Crippen LogP contribution in [-0.4, -0.2) is 86.0 Å². The average Bonchev–Trinajstić information content (AvgIpc) is 3.03. The van der Waals surface area contributed by atoms with E-state index in [1.165, 1.54) is 25.0 Å². The number of halogens is 2. The first-order chi connectivity index (χ1) is 14.6. The van der Waals surface area contributed by atoms with Gasteiger partial charge in [0.05, 0.1) is 6.54 Å². The molecular weight excluding hydrogens is 388 g/mol. The molecule has 8 heteroatoms. The van der Waals surface area contributed by atoms with Crippen molar-refractivity contribution in [3.05, 3.63) is 35.4 Å². The van der Waals surface area contributed by atoms with E-state index < -0.39 is 11.6 Å². The highest BCUT2D eigenvalue weighted by Crippen LogP contribution is 2.12. The molecule has 3 rings (SSSR count). The van der Waals surface area contributed by atoms with Gasteiger partial charge in [-0.3, -0.25) is 14.7 Å². The minimum Gasteiger partial charge on any atom is -0.356 e. The maximum absolute atomic E-state index is 13.8. The van der Waals surface area contributed by atoms with E-state index >= 15 is 0 Å². The van der Waals surface area contributed by atoms with E-state index in [-0.39, 0.29) is 5.91 Å². The summed E-state index contributed by atoms with van der Waals surface area (Å²) in [6.07, 6.45) is 5.13. The molecule has 0 aliphatic carbocycles. The zero-order valence-corrected chi connectivity index (χ0v) is 17.9. The molecule has 1 N–H and O–H groups in total. The number of carbonyl (C=O) groups is 1. The van der Waals surface area contributed by atoms with Crippen LogP contribution in [0.5, 0.6) is 0 Å². The summed E-state index contributed by atoms with van der Waals surface area (Å²) in [6.45, 7) is 6.00. The summed E-state index contributed by atoms with van der Waals surface area (Å²) >= 11 is 0. The first-order valence-electron chi connectivity index (χ1n) is 11.0. The fourth-order valence-corrected chi connectivity index (χ4v) is 4.09. The fraction of sp³-hybridized carbons (Fsp3) is 0.636. The molecule has 2 heterocycles. The Labute approximate surface area is 177 Å². The number of nitrogens with zero attached hydrogens (tertiary/aromatic N) is 4. The van der Waals surface area contributed by atoms with E-state index in [0.29, 0.717) is 25.1 Å². The molecule has 2 aliphatic rings. The van der Waals surface area contributed by atoms with Gasteiger partial charge in [-0.15, -0.1) is 0 Å². The smallest absolute Gasteiger partial charge is 0.236 e. The zero-order chi connectivity index (χ0) is 21.3. The fourth-order valence-electron chi connectivity index (χ4n) is 4.09. The van der Waals surface area contributed by atoms with E-state index in [0.717, 1.165) is 64.1 Å². The van der Waals surface area contributed by atoms with Crippen molar-refractivity contribution < 1.29 is 13.6 Å². The highest BCUT2D eigenvalue weighted by atomic mass is 19.1. The van der Waals surface area contributed by atoms with Gasteiger partial charge in [-0.2, -0.15) is 0 Å². The van der Waals surface area contributed by atoms with Gasteiger partial charge in [-0.1, -0.05) is 18.9 Å². The van der Waals surface area contributed by atoms with Gasteiger partial charge in [0.1, 0.15) is 11.6 Å². The molecular formula is C22H33F2N5O. The van der Waals surface area contributed by atoms with Gasteiger partial charge in [0.15, 0.2) is 5.96 Å². The van der Waals surface area contributed by atoms with Gasteiger partial charge in [0, 0.05) is 58.9 Å². The minimum atomic E-state index is -0.563. The zero-order valence-electron chi connectivity index (χ0n) is 17.9. The van der Waals surface area contributed by atoms with Crippen LogP contribution in [-0.2, 0) is 11.2 Å². The molecule has 6 nitrogen and oxygen atoms in total. The van der Waals surface area contributed by atoms with Crippen molar-refractivity contribution in [2.45, 2.75) is 32.1 Å². The lowest BCUT2D eigenvalue weighted by atomic mass is 10.1. The number of amides is 1. The Hall–Kier alpha value is -2.22. The van der Waals surface area contributed by atoms with Crippen LogP contribution in [0.15, 0.2) is 23.2 Å². The highest BCUT2D eigenvalue weighted by molar-refractivity contribution is 5.80. The summed E-state index contributed by atoms with van der Waals surface area (Å²) < 4.78 is 26.8. The molecule has 2 fully saturated rings. The summed E-state index contributed by atoms with van der Waals surface area (Å²) in [7, 11) is 1.73. The molecule has 0 atom stereocenters. The van der Waals surface area contributed by atoms with E-state index in [2.05, 4.69) is 20.1 Å². The molecule has 1 amide bonds. The third kappa shape index (κ3) is 6.39. The highest BCUT2D eigenvalue weighted by Gasteiger charge is 2.23. The second kappa shape index (κ2) is 11.2. The molecule has 0 aromatic heterocycles. The van der Waals surface area contributed by atoms with Crippen LogP contribution in [0.1, 0.15) is 31.2 Å². The Kier molecular flexibility index (Phi) is 8.42. The number of hydrogen-bond acceptors (Lipinski definition) is 3. The lowest BCUT2D eigenvalue weighted by Crippen LogP contribution is -2.54. The van der Waals surface area contributed by atoms with Crippen molar-refractivity contribution in [1.82, 2.24) is 20.0 Å². The molecule has 1 aromatic rings. The molecule has 0 saturated carbocycles. The van der Waals surface area contributed by atoms with Crippen LogP contribution in [0.25, 0.3) is 0 Å². The molecule has 0 spiro atoms. The molecule has 0 radical (unpaired) electrons. The molecule has 2 saturated heterocycles. The van der Waals surface area contributed by atoms with Crippen LogP contribution in [0, 0.1) is 11.6 Å². The monoisotopic (exact) mass is 421 g/mol. The van der Waals surface area contributed by atoms with Gasteiger partial charge in [0.2, 0.25) is 5.91 Å². The van der Waals surface area contributed by atoms with Gasteiger partial charge in [-0.05, 0) is 30.9 Å². The average molecular weight is 422 g/mol. The Balaban J connectivity index is 1.41. The summed E-state index contributed by atoms with van der Waals surface area (Å²) in [6, 6.07) is 3.67. The third-order valence-corrected chi connectivity index (χ3v) is 5.89. The maximum Gasteiger partial charge on any atom is 0.236 e. The van der Waals surface area contributed by atoms with Gasteiger partial charge < -0.3 is 15.1 Å². The first-order valence-corrected chi connectivity index (χ1v) is 11.0. The molecule has 2 aliphatic heterocycles. The minimum absolute atomic E-state index is 0.245. The molecule has 0 bridgehead atoms. The predicted molar refractivity (Wildman–Crippen MR) is 114 cm³/mol. The number of piperazine rings is 1. The standard InChI is InChI=1S/C22H33F2N5O/c1-25-22(26-9-8-18-6-7-19(23)16-20(18)24)29-14-12-27(13-15-29)17-21(30)28-10-4-2-3-5-11-28/h6-7,16H,2-5,8-15,17H2,1H3,(H,25,26). The van der Waals surface area contributed by atoms with Crippen LogP contribution >= 0.6 is 0 Å². The normalized spacial score (nSPS) is 19.0. The number of rotatable bonds is 5. The topological polar surface area (TPSA) is 51.2 Å². The number of hydrogen-bond donors (Lipinski definition) is 1. The second-order valence-electron chi connectivity index (χ2n) is 8.02. The predicted octanol–water partition coefficient (Wildman–Crippen LogP) is 2.10. The van der Waals surface area contributed by atoms with E-state index in [1.807, 2.05) is 4.90 Å². The van der Waals surface area contributed by atoms with Crippen molar-refractivity contribution in [2.75, 3.05) is 59.4 Å². The quantitative estimate of drug-likeness (QED) is 0.585. The van der Waals surface area contributed by atoms with Crippen LogP contribution in [0.4, 0.5) is 8.78 Å². The van der Waals surface area contributed by atoms with Crippen molar-refractivity contribution in [1.29, 1.82) is 0 Å². The molecule has 30 heavy (non-hydrogen) atoms. The van der Waals surface area contributed by atoms with Gasteiger partial charge >= 0.3 is 0 Å². The number of nitrogens with one attached hydrogen (secondary N) is 1. The summed E-state index contributed by atoms with van der Waals surface area (Å²) in [5.74, 6) is -0.0631. The lowest BCUT2D eigenvalue weighted by Gasteiger charge is -2.37. The summed E-state index contributed by atoms with van der Waals surface area (Å²) in [5.41, 5.74) is 0.483. The van der Waals surface area contributed by atoms with E-state index in [1.54, 1.807) is 7.05 Å². The van der Waals surface area contributed by atoms with E-state index in [4.69, 9.17) is 0 Å². The Morgan fingerprint density at radius 2 is 1.70 bits per heavy atom. The Morgan fingerprint density at radius 3 is 2.33 bits per heavy atom. The first kappa shape index (κ1) is 22.5. The van der Waals surface area contributed by atoms with E-state index in [9.17, 15) is 13.6 Å². The molecule has 1 aromatic carbocycles. The van der Waals surface area contributed by atoms with Crippen molar-refractivity contribution in [3.8, 4) is 0 Å². The molecule has 166 valence electrons. The number of aliphatic imine (C=N–C) groups is 1. The van der Waals surface area contributed by atoms with Gasteiger partial charge in [-0.25, -0.2) is 8.78 Å². The van der Waals surface area contributed by atoms with Crippen molar-refractivity contribution in [3.63, 3.8) is 0 Å².